The van der Waals surface area contributed by atoms with E-state index in [2.05, 4.69) is 33.8 Å². The normalized spacial score (nSPS) is 11.6. The topological polar surface area (TPSA) is 49.3 Å². The van der Waals surface area contributed by atoms with Crippen molar-refractivity contribution in [3.8, 4) is 0 Å². The van der Waals surface area contributed by atoms with E-state index in [-0.39, 0.29) is 0 Å². The second-order valence-corrected chi connectivity index (χ2v) is 6.22. The van der Waals surface area contributed by atoms with E-state index in [0.717, 1.165) is 24.1 Å². The molecule has 102 valence electrons. The van der Waals surface area contributed by atoms with E-state index in [1.165, 1.54) is 23.5 Å². The Balaban J connectivity index is 2.18. The fourth-order valence-electron chi connectivity index (χ4n) is 1.44. The number of hydrogen-bond donors (Lipinski definition) is 2. The first kappa shape index (κ1) is 15.3. The number of nitrogens with one attached hydrogen (secondary N) is 2. The maximum absolute atomic E-state index is 4.31. The van der Waals surface area contributed by atoms with Gasteiger partial charge in [-0.25, -0.2) is 4.98 Å². The Morgan fingerprint density at radius 3 is 2.89 bits per heavy atom. The van der Waals surface area contributed by atoms with Crippen molar-refractivity contribution in [3.05, 3.63) is 16.1 Å². The summed E-state index contributed by atoms with van der Waals surface area (Å²) in [5.41, 5.74) is 0. The summed E-state index contributed by atoms with van der Waals surface area (Å²) in [6, 6.07) is 0. The van der Waals surface area contributed by atoms with Crippen LogP contribution in [0.4, 0.5) is 0 Å². The average Bonchev–Trinajstić information content (AvgIpc) is 2.78. The second-order valence-electron chi connectivity index (χ2n) is 3.92. The van der Waals surface area contributed by atoms with Gasteiger partial charge in [0.25, 0.3) is 0 Å². The maximum Gasteiger partial charge on any atom is 0.191 e. The lowest BCUT2D eigenvalue weighted by Crippen LogP contribution is -2.37. The Morgan fingerprint density at radius 1 is 1.44 bits per heavy atom. The van der Waals surface area contributed by atoms with Crippen LogP contribution in [0.2, 0.25) is 0 Å². The van der Waals surface area contributed by atoms with E-state index in [4.69, 9.17) is 0 Å². The van der Waals surface area contributed by atoms with Crippen LogP contribution in [0.25, 0.3) is 0 Å². The quantitative estimate of drug-likeness (QED) is 0.458. The van der Waals surface area contributed by atoms with Gasteiger partial charge >= 0.3 is 0 Å². The van der Waals surface area contributed by atoms with Gasteiger partial charge in [0.2, 0.25) is 0 Å². The van der Waals surface area contributed by atoms with Crippen molar-refractivity contribution < 1.29 is 0 Å². The highest BCUT2D eigenvalue weighted by Crippen LogP contribution is 2.10. The van der Waals surface area contributed by atoms with E-state index in [0.29, 0.717) is 0 Å². The fourth-order valence-corrected chi connectivity index (χ4v) is 2.66. The second kappa shape index (κ2) is 9.22. The molecule has 0 unspecified atom stereocenters. The predicted molar refractivity (Wildman–Crippen MR) is 82.7 cm³/mol. The molecule has 4 nitrogen and oxygen atoms in total. The van der Waals surface area contributed by atoms with Crippen LogP contribution >= 0.6 is 23.1 Å². The molecular weight excluding hydrogens is 264 g/mol. The van der Waals surface area contributed by atoms with Gasteiger partial charge in [0, 0.05) is 24.7 Å². The molecule has 18 heavy (non-hydrogen) atoms. The van der Waals surface area contributed by atoms with Gasteiger partial charge in [-0.15, -0.1) is 11.3 Å². The van der Waals surface area contributed by atoms with E-state index in [1.54, 1.807) is 18.4 Å². The first-order valence-electron chi connectivity index (χ1n) is 6.11. The van der Waals surface area contributed by atoms with Crippen molar-refractivity contribution in [1.29, 1.82) is 0 Å². The van der Waals surface area contributed by atoms with Crippen molar-refractivity contribution in [3.63, 3.8) is 0 Å². The van der Waals surface area contributed by atoms with Crippen molar-refractivity contribution >= 4 is 29.1 Å². The predicted octanol–water partition coefficient (Wildman–Crippen LogP) is 2.26. The number of thiazole rings is 1. The standard InChI is InChI=1S/C12H22N4S2/c1-10-8-15-11(18-10)9-16-12(13-2)14-6-4-5-7-17-3/h8H,4-7,9H2,1-3H3,(H2,13,14,16). The third kappa shape index (κ3) is 6.26. The summed E-state index contributed by atoms with van der Waals surface area (Å²) in [5.74, 6) is 2.08. The Kier molecular flexibility index (Phi) is 7.84. The van der Waals surface area contributed by atoms with Crippen LogP contribution in [0.5, 0.6) is 0 Å². The number of rotatable bonds is 7. The van der Waals surface area contributed by atoms with Gasteiger partial charge in [-0.05, 0) is 31.8 Å². The molecule has 0 saturated carbocycles. The van der Waals surface area contributed by atoms with Crippen LogP contribution in [0.1, 0.15) is 22.7 Å². The number of guanidine groups is 1. The Bertz CT molecular complexity index is 363. The molecule has 1 rings (SSSR count). The summed E-state index contributed by atoms with van der Waals surface area (Å²) in [5, 5.41) is 7.68. The highest BCUT2D eigenvalue weighted by molar-refractivity contribution is 7.98. The number of aryl methyl sites for hydroxylation is 1. The van der Waals surface area contributed by atoms with Crippen molar-refractivity contribution in [2.45, 2.75) is 26.3 Å². The summed E-state index contributed by atoms with van der Waals surface area (Å²) in [6.07, 6.45) is 6.47. The zero-order valence-electron chi connectivity index (χ0n) is 11.3. The summed E-state index contributed by atoms with van der Waals surface area (Å²) in [4.78, 5) is 9.75. The van der Waals surface area contributed by atoms with Crippen LogP contribution in [0, 0.1) is 6.92 Å². The zero-order chi connectivity index (χ0) is 13.2. The molecule has 0 atom stereocenters. The molecule has 1 aromatic rings. The molecule has 0 aliphatic carbocycles. The molecule has 0 fully saturated rings. The third-order valence-corrected chi connectivity index (χ3v) is 3.98. The summed E-state index contributed by atoms with van der Waals surface area (Å²) < 4.78 is 0. The molecule has 0 saturated heterocycles. The molecule has 0 bridgehead atoms. The first-order valence-corrected chi connectivity index (χ1v) is 8.32. The van der Waals surface area contributed by atoms with Crippen molar-refractivity contribution in [1.82, 2.24) is 15.6 Å². The molecule has 0 radical (unpaired) electrons. The molecule has 0 aromatic carbocycles. The Morgan fingerprint density at radius 2 is 2.28 bits per heavy atom. The van der Waals surface area contributed by atoms with Gasteiger partial charge in [0.1, 0.15) is 5.01 Å². The van der Waals surface area contributed by atoms with Crippen LogP contribution in [-0.2, 0) is 6.54 Å². The highest BCUT2D eigenvalue weighted by atomic mass is 32.2. The minimum atomic E-state index is 0.739. The van der Waals surface area contributed by atoms with Gasteiger partial charge in [0.15, 0.2) is 5.96 Å². The highest BCUT2D eigenvalue weighted by Gasteiger charge is 2.00. The van der Waals surface area contributed by atoms with Gasteiger partial charge in [0.05, 0.1) is 6.54 Å². The van der Waals surface area contributed by atoms with Crippen LogP contribution in [0.3, 0.4) is 0 Å². The lowest BCUT2D eigenvalue weighted by Gasteiger charge is -2.10. The molecule has 0 spiro atoms. The zero-order valence-corrected chi connectivity index (χ0v) is 13.0. The number of aliphatic imine (C=N–C) groups is 1. The minimum Gasteiger partial charge on any atom is -0.356 e. The van der Waals surface area contributed by atoms with Gasteiger partial charge in [-0.2, -0.15) is 11.8 Å². The van der Waals surface area contributed by atoms with Crippen LogP contribution < -0.4 is 10.6 Å². The molecule has 0 amide bonds. The summed E-state index contributed by atoms with van der Waals surface area (Å²) >= 11 is 3.61. The van der Waals surface area contributed by atoms with Gasteiger partial charge < -0.3 is 10.6 Å². The van der Waals surface area contributed by atoms with E-state index < -0.39 is 0 Å². The van der Waals surface area contributed by atoms with E-state index in [1.807, 2.05) is 18.0 Å². The Hall–Kier alpha value is -0.750. The van der Waals surface area contributed by atoms with Crippen molar-refractivity contribution in [2.24, 2.45) is 4.99 Å². The first-order chi connectivity index (χ1) is 8.76. The van der Waals surface area contributed by atoms with Gasteiger partial charge in [-0.1, -0.05) is 0 Å². The minimum absolute atomic E-state index is 0.739. The number of unbranched alkanes of at least 4 members (excludes halogenated alkanes) is 1. The maximum atomic E-state index is 4.31. The SMILES string of the molecule is CN=C(NCCCCSC)NCc1ncc(C)s1. The largest absolute Gasteiger partial charge is 0.356 e. The van der Waals surface area contributed by atoms with Crippen LogP contribution in [0.15, 0.2) is 11.2 Å². The number of nitrogens with zero attached hydrogens (tertiary/aromatic N) is 2. The monoisotopic (exact) mass is 286 g/mol. The summed E-state index contributed by atoms with van der Waals surface area (Å²) in [6.45, 7) is 3.78. The molecule has 0 aliphatic rings. The number of hydrogen-bond acceptors (Lipinski definition) is 4. The Labute approximate surface area is 118 Å². The average molecular weight is 286 g/mol. The molecular formula is C12H22N4S2. The smallest absolute Gasteiger partial charge is 0.191 e. The molecule has 2 N–H and O–H groups in total. The van der Waals surface area contributed by atoms with Gasteiger partial charge in [-0.3, -0.25) is 4.99 Å². The molecule has 1 aromatic heterocycles. The lowest BCUT2D eigenvalue weighted by molar-refractivity contribution is 0.732. The number of aromatic nitrogens is 1. The third-order valence-electron chi connectivity index (χ3n) is 2.37. The number of thioether (sulfide) groups is 1. The molecule has 1 heterocycles. The fraction of sp³-hybridized carbons (Fsp3) is 0.667. The lowest BCUT2D eigenvalue weighted by atomic mass is 10.3. The van der Waals surface area contributed by atoms with E-state index in [9.17, 15) is 0 Å². The molecule has 0 aliphatic heterocycles. The summed E-state index contributed by atoms with van der Waals surface area (Å²) in [7, 11) is 1.80. The van der Waals surface area contributed by atoms with Crippen molar-refractivity contribution in [2.75, 3.05) is 25.6 Å². The van der Waals surface area contributed by atoms with Crippen LogP contribution in [-0.4, -0.2) is 36.5 Å². The van der Waals surface area contributed by atoms with E-state index >= 15 is 0 Å². The molecule has 6 heteroatoms.